The van der Waals surface area contributed by atoms with Crippen LogP contribution in [-0.4, -0.2) is 18.1 Å². The van der Waals surface area contributed by atoms with Crippen LogP contribution in [0.3, 0.4) is 0 Å². The lowest BCUT2D eigenvalue weighted by molar-refractivity contribution is 0.683. The summed E-state index contributed by atoms with van der Waals surface area (Å²) in [6.07, 6.45) is 6.48. The molecule has 1 saturated carbocycles. The van der Waals surface area contributed by atoms with Crippen molar-refractivity contribution in [3.8, 4) is 0 Å². The summed E-state index contributed by atoms with van der Waals surface area (Å²) in [5.74, 6) is 0. The molecule has 0 radical (unpaired) electrons. The molecular weight excluding hydrogens is 246 g/mol. The van der Waals surface area contributed by atoms with E-state index >= 15 is 0 Å². The molecule has 0 aliphatic heterocycles. The van der Waals surface area contributed by atoms with Gasteiger partial charge in [0.15, 0.2) is 0 Å². The van der Waals surface area contributed by atoms with Crippen LogP contribution < -0.4 is 10.2 Å². The molecule has 1 aromatic heterocycles. The molecule has 0 bridgehead atoms. The highest BCUT2D eigenvalue weighted by atomic mass is 15.1. The zero-order valence-electron chi connectivity index (χ0n) is 11.9. The summed E-state index contributed by atoms with van der Waals surface area (Å²) in [7, 11) is 2.14. The maximum atomic E-state index is 4.27. The Morgan fingerprint density at radius 1 is 1.20 bits per heavy atom. The Labute approximate surface area is 120 Å². The van der Waals surface area contributed by atoms with Crippen LogP contribution in [0, 0.1) is 0 Å². The van der Waals surface area contributed by atoms with Gasteiger partial charge >= 0.3 is 0 Å². The number of rotatable bonds is 6. The van der Waals surface area contributed by atoms with Crippen LogP contribution in [0.25, 0.3) is 0 Å². The van der Waals surface area contributed by atoms with Crippen molar-refractivity contribution in [1.82, 2.24) is 10.3 Å². The molecule has 1 fully saturated rings. The standard InChI is InChI=1S/C17H21N3/c1-20(13-14-5-3-2-4-6-14)17-9-10-18-11-15(17)12-19-16-7-8-16/h2-6,9-11,16,19H,7-8,12-13H2,1H3. The minimum Gasteiger partial charge on any atom is -0.370 e. The first-order chi connectivity index (χ1) is 9.83. The first-order valence-electron chi connectivity index (χ1n) is 7.24. The molecule has 0 atom stereocenters. The summed E-state index contributed by atoms with van der Waals surface area (Å²) in [4.78, 5) is 6.56. The summed E-state index contributed by atoms with van der Waals surface area (Å²) in [5, 5.41) is 3.57. The van der Waals surface area contributed by atoms with Crippen molar-refractivity contribution < 1.29 is 0 Å². The number of hydrogen-bond donors (Lipinski definition) is 1. The molecule has 1 heterocycles. The Morgan fingerprint density at radius 3 is 2.75 bits per heavy atom. The van der Waals surface area contributed by atoms with Crippen LogP contribution >= 0.6 is 0 Å². The SMILES string of the molecule is CN(Cc1ccccc1)c1ccncc1CNC1CC1. The van der Waals surface area contributed by atoms with Crippen molar-refractivity contribution in [3.63, 3.8) is 0 Å². The van der Waals surface area contributed by atoms with Gasteiger partial charge in [-0.1, -0.05) is 30.3 Å². The number of pyridine rings is 1. The molecule has 1 N–H and O–H groups in total. The topological polar surface area (TPSA) is 28.2 Å². The number of aromatic nitrogens is 1. The summed E-state index contributed by atoms with van der Waals surface area (Å²) < 4.78 is 0. The summed E-state index contributed by atoms with van der Waals surface area (Å²) in [6, 6.07) is 13.4. The van der Waals surface area contributed by atoms with Crippen molar-refractivity contribution in [2.24, 2.45) is 0 Å². The van der Waals surface area contributed by atoms with Gasteiger partial charge in [0.2, 0.25) is 0 Å². The Balaban J connectivity index is 1.71. The highest BCUT2D eigenvalue weighted by Gasteiger charge is 2.20. The van der Waals surface area contributed by atoms with E-state index in [0.717, 1.165) is 19.1 Å². The van der Waals surface area contributed by atoms with Gasteiger partial charge in [-0.15, -0.1) is 0 Å². The van der Waals surface area contributed by atoms with Gasteiger partial charge in [-0.2, -0.15) is 0 Å². The first kappa shape index (κ1) is 13.1. The van der Waals surface area contributed by atoms with Gasteiger partial charge in [0.1, 0.15) is 0 Å². The largest absolute Gasteiger partial charge is 0.370 e. The van der Waals surface area contributed by atoms with Crippen molar-refractivity contribution in [3.05, 3.63) is 59.9 Å². The lowest BCUT2D eigenvalue weighted by Crippen LogP contribution is -2.21. The maximum Gasteiger partial charge on any atom is 0.0443 e. The fraction of sp³-hybridized carbons (Fsp3) is 0.353. The molecule has 0 spiro atoms. The number of nitrogens with zero attached hydrogens (tertiary/aromatic N) is 2. The molecule has 3 nitrogen and oxygen atoms in total. The molecule has 0 saturated heterocycles. The van der Waals surface area contributed by atoms with Gasteiger partial charge in [0, 0.05) is 49.8 Å². The zero-order valence-corrected chi connectivity index (χ0v) is 11.9. The van der Waals surface area contributed by atoms with E-state index in [4.69, 9.17) is 0 Å². The molecule has 3 rings (SSSR count). The molecule has 1 aromatic carbocycles. The lowest BCUT2D eigenvalue weighted by Gasteiger charge is -2.22. The van der Waals surface area contributed by atoms with E-state index in [-0.39, 0.29) is 0 Å². The van der Waals surface area contributed by atoms with Crippen molar-refractivity contribution >= 4 is 5.69 Å². The third-order valence-electron chi connectivity index (χ3n) is 3.71. The van der Waals surface area contributed by atoms with Crippen molar-refractivity contribution in [1.29, 1.82) is 0 Å². The Hall–Kier alpha value is -1.87. The van der Waals surface area contributed by atoms with E-state index in [1.807, 2.05) is 12.4 Å². The van der Waals surface area contributed by atoms with Crippen LogP contribution in [0.1, 0.15) is 24.0 Å². The maximum absolute atomic E-state index is 4.27. The molecule has 1 aliphatic carbocycles. The third-order valence-corrected chi connectivity index (χ3v) is 3.71. The number of nitrogens with one attached hydrogen (secondary N) is 1. The van der Waals surface area contributed by atoms with Crippen LogP contribution in [0.15, 0.2) is 48.8 Å². The zero-order chi connectivity index (χ0) is 13.8. The second kappa shape index (κ2) is 6.06. The minimum absolute atomic E-state index is 0.725. The normalized spacial score (nSPS) is 14.2. The van der Waals surface area contributed by atoms with E-state index in [0.29, 0.717) is 0 Å². The van der Waals surface area contributed by atoms with Gasteiger partial charge in [0.05, 0.1) is 0 Å². The molecule has 0 unspecified atom stereocenters. The van der Waals surface area contributed by atoms with Crippen molar-refractivity contribution in [2.75, 3.05) is 11.9 Å². The number of hydrogen-bond acceptors (Lipinski definition) is 3. The van der Waals surface area contributed by atoms with Gasteiger partial charge in [-0.3, -0.25) is 4.98 Å². The first-order valence-corrected chi connectivity index (χ1v) is 7.24. The minimum atomic E-state index is 0.725. The van der Waals surface area contributed by atoms with Crippen molar-refractivity contribution in [2.45, 2.75) is 32.0 Å². The quantitative estimate of drug-likeness (QED) is 0.872. The van der Waals surface area contributed by atoms with Gasteiger partial charge in [-0.25, -0.2) is 0 Å². The summed E-state index contributed by atoms with van der Waals surface area (Å²) in [5.41, 5.74) is 3.86. The smallest absolute Gasteiger partial charge is 0.0443 e. The molecule has 20 heavy (non-hydrogen) atoms. The van der Waals surface area contributed by atoms with E-state index in [1.165, 1.54) is 29.7 Å². The monoisotopic (exact) mass is 267 g/mol. The average Bonchev–Trinajstić information content (AvgIpc) is 3.31. The van der Waals surface area contributed by atoms with E-state index in [2.05, 4.69) is 58.6 Å². The second-order valence-electron chi connectivity index (χ2n) is 5.50. The molecule has 0 amide bonds. The van der Waals surface area contributed by atoms with Gasteiger partial charge in [0.25, 0.3) is 0 Å². The van der Waals surface area contributed by atoms with Crippen LogP contribution in [0.4, 0.5) is 5.69 Å². The molecular formula is C17H21N3. The predicted molar refractivity (Wildman–Crippen MR) is 82.6 cm³/mol. The van der Waals surface area contributed by atoms with Crippen LogP contribution in [-0.2, 0) is 13.1 Å². The Kier molecular flexibility index (Phi) is 3.97. The predicted octanol–water partition coefficient (Wildman–Crippen LogP) is 2.97. The fourth-order valence-electron chi connectivity index (χ4n) is 2.41. The van der Waals surface area contributed by atoms with E-state index in [9.17, 15) is 0 Å². The van der Waals surface area contributed by atoms with Gasteiger partial charge < -0.3 is 10.2 Å². The number of benzene rings is 1. The molecule has 3 heteroatoms. The summed E-state index contributed by atoms with van der Waals surface area (Å²) >= 11 is 0. The highest BCUT2D eigenvalue weighted by Crippen LogP contribution is 2.23. The lowest BCUT2D eigenvalue weighted by atomic mass is 10.1. The molecule has 2 aromatic rings. The number of anilines is 1. The van der Waals surface area contributed by atoms with E-state index in [1.54, 1.807) is 0 Å². The van der Waals surface area contributed by atoms with E-state index < -0.39 is 0 Å². The van der Waals surface area contributed by atoms with Crippen LogP contribution in [0.5, 0.6) is 0 Å². The Morgan fingerprint density at radius 2 is 2.00 bits per heavy atom. The second-order valence-corrected chi connectivity index (χ2v) is 5.50. The molecule has 104 valence electrons. The molecule has 1 aliphatic rings. The third kappa shape index (κ3) is 3.36. The Bertz CT molecular complexity index is 549. The van der Waals surface area contributed by atoms with Crippen LogP contribution in [0.2, 0.25) is 0 Å². The summed E-state index contributed by atoms with van der Waals surface area (Å²) in [6.45, 7) is 1.83. The highest BCUT2D eigenvalue weighted by molar-refractivity contribution is 5.52. The fourth-order valence-corrected chi connectivity index (χ4v) is 2.41. The average molecular weight is 267 g/mol. The van der Waals surface area contributed by atoms with Gasteiger partial charge in [-0.05, 0) is 24.5 Å².